The molecule has 2 rings (SSSR count). The van der Waals surface area contributed by atoms with Crippen LogP contribution >= 0.6 is 11.6 Å². The van der Waals surface area contributed by atoms with Crippen LogP contribution in [0.4, 0.5) is 0 Å². The molecule has 2 aromatic rings. The van der Waals surface area contributed by atoms with Crippen molar-refractivity contribution in [1.29, 1.82) is 0 Å². The van der Waals surface area contributed by atoms with Gasteiger partial charge in [-0.1, -0.05) is 54.1 Å². The van der Waals surface area contributed by atoms with Crippen molar-refractivity contribution < 1.29 is 0 Å². The summed E-state index contributed by atoms with van der Waals surface area (Å²) in [5.74, 6) is 0. The predicted molar refractivity (Wildman–Crippen MR) is 99.8 cm³/mol. The molecule has 2 nitrogen and oxygen atoms in total. The Balaban J connectivity index is 2.19. The van der Waals surface area contributed by atoms with Crippen molar-refractivity contribution in [1.82, 2.24) is 5.32 Å². The van der Waals surface area contributed by atoms with Crippen LogP contribution in [0.5, 0.6) is 0 Å². The lowest BCUT2D eigenvalue weighted by Gasteiger charge is -2.39. The molecule has 23 heavy (non-hydrogen) atoms. The largest absolute Gasteiger partial charge is 0.324 e. The zero-order chi connectivity index (χ0) is 17.1. The first-order chi connectivity index (χ1) is 10.7. The molecule has 0 fully saturated rings. The highest BCUT2D eigenvalue weighted by molar-refractivity contribution is 6.30. The van der Waals surface area contributed by atoms with Crippen LogP contribution < -0.4 is 11.1 Å². The Kier molecular flexibility index (Phi) is 5.51. The van der Waals surface area contributed by atoms with Crippen molar-refractivity contribution in [3.63, 3.8) is 0 Å². The average molecular weight is 331 g/mol. The second kappa shape index (κ2) is 7.04. The first kappa shape index (κ1) is 18.0. The van der Waals surface area contributed by atoms with Crippen LogP contribution in [0.15, 0.2) is 54.6 Å². The molecule has 0 saturated heterocycles. The number of benzene rings is 2. The Morgan fingerprint density at radius 1 is 0.957 bits per heavy atom. The molecule has 1 unspecified atom stereocenters. The summed E-state index contributed by atoms with van der Waals surface area (Å²) in [6.07, 6.45) is 0.906. The van der Waals surface area contributed by atoms with Crippen molar-refractivity contribution >= 4 is 11.6 Å². The van der Waals surface area contributed by atoms with Gasteiger partial charge in [0.15, 0.2) is 0 Å². The zero-order valence-electron chi connectivity index (χ0n) is 14.4. The number of hydrogen-bond donors (Lipinski definition) is 2. The molecule has 124 valence electrons. The Morgan fingerprint density at radius 3 is 2.04 bits per heavy atom. The number of hydrogen-bond acceptors (Lipinski definition) is 2. The van der Waals surface area contributed by atoms with Crippen LogP contribution in [0.1, 0.15) is 44.9 Å². The van der Waals surface area contributed by atoms with E-state index < -0.39 is 0 Å². The van der Waals surface area contributed by atoms with Crippen LogP contribution in [0.3, 0.4) is 0 Å². The third kappa shape index (κ3) is 5.35. The molecule has 0 radical (unpaired) electrons. The summed E-state index contributed by atoms with van der Waals surface area (Å²) in [5, 5.41) is 4.52. The molecule has 0 aliphatic heterocycles. The fourth-order valence-electron chi connectivity index (χ4n) is 2.90. The molecule has 0 amide bonds. The first-order valence-electron chi connectivity index (χ1n) is 8.03. The maximum Gasteiger partial charge on any atom is 0.0501 e. The normalized spacial score (nSPS) is 13.8. The third-order valence-corrected chi connectivity index (χ3v) is 4.22. The number of halogens is 1. The SMILES string of the molecule is CC(C)(Cc1ccc(Cl)cc1)NC(c1ccccc1)C(C)(C)N. The summed E-state index contributed by atoms with van der Waals surface area (Å²) in [5.41, 5.74) is 8.47. The highest BCUT2D eigenvalue weighted by atomic mass is 35.5. The fourth-order valence-corrected chi connectivity index (χ4v) is 3.02. The second-order valence-electron chi connectivity index (χ2n) is 7.50. The third-order valence-electron chi connectivity index (χ3n) is 3.97. The molecular weight excluding hydrogens is 304 g/mol. The van der Waals surface area contributed by atoms with Gasteiger partial charge in [-0.25, -0.2) is 0 Å². The summed E-state index contributed by atoms with van der Waals surface area (Å²) in [6, 6.07) is 18.5. The van der Waals surface area contributed by atoms with E-state index in [4.69, 9.17) is 17.3 Å². The van der Waals surface area contributed by atoms with Gasteiger partial charge in [0, 0.05) is 16.1 Å². The standard InChI is InChI=1S/C20H27ClN2/c1-19(2,14-15-10-12-17(21)13-11-15)23-18(20(3,4)22)16-8-6-5-7-9-16/h5-13,18,23H,14,22H2,1-4H3. The monoisotopic (exact) mass is 330 g/mol. The van der Waals surface area contributed by atoms with Crippen molar-refractivity contribution in [2.24, 2.45) is 5.73 Å². The van der Waals surface area contributed by atoms with E-state index in [1.54, 1.807) is 0 Å². The lowest BCUT2D eigenvalue weighted by molar-refractivity contribution is 0.259. The van der Waals surface area contributed by atoms with Gasteiger partial charge in [0.05, 0.1) is 6.04 Å². The number of nitrogens with one attached hydrogen (secondary N) is 1. The zero-order valence-corrected chi connectivity index (χ0v) is 15.2. The summed E-state index contributed by atoms with van der Waals surface area (Å²) >= 11 is 5.97. The average Bonchev–Trinajstić information content (AvgIpc) is 2.47. The molecule has 0 aliphatic carbocycles. The van der Waals surface area contributed by atoms with Crippen LogP contribution in [0, 0.1) is 0 Å². The number of nitrogens with two attached hydrogens (primary N) is 1. The van der Waals surface area contributed by atoms with Gasteiger partial charge in [0.2, 0.25) is 0 Å². The molecule has 0 bridgehead atoms. The number of rotatable bonds is 6. The Bertz CT molecular complexity index is 612. The van der Waals surface area contributed by atoms with Gasteiger partial charge >= 0.3 is 0 Å². The molecule has 0 aromatic heterocycles. The van der Waals surface area contributed by atoms with E-state index in [0.717, 1.165) is 11.4 Å². The maximum absolute atomic E-state index is 6.45. The molecule has 1 atom stereocenters. The van der Waals surface area contributed by atoms with Crippen molar-refractivity contribution in [2.75, 3.05) is 0 Å². The molecule has 0 saturated carbocycles. The molecular formula is C20H27ClN2. The van der Waals surface area contributed by atoms with Crippen LogP contribution in [-0.4, -0.2) is 11.1 Å². The highest BCUT2D eigenvalue weighted by Crippen LogP contribution is 2.27. The van der Waals surface area contributed by atoms with E-state index in [1.807, 2.05) is 18.2 Å². The molecule has 2 aromatic carbocycles. The van der Waals surface area contributed by atoms with E-state index in [2.05, 4.69) is 69.4 Å². The van der Waals surface area contributed by atoms with Crippen LogP contribution in [-0.2, 0) is 6.42 Å². The Hall–Kier alpha value is -1.35. The lowest BCUT2D eigenvalue weighted by atomic mass is 9.85. The second-order valence-corrected chi connectivity index (χ2v) is 7.93. The van der Waals surface area contributed by atoms with E-state index >= 15 is 0 Å². The maximum atomic E-state index is 6.45. The minimum atomic E-state index is -0.362. The molecule has 0 heterocycles. The van der Waals surface area contributed by atoms with Gasteiger partial charge in [-0.3, -0.25) is 0 Å². The fraction of sp³-hybridized carbons (Fsp3) is 0.400. The predicted octanol–water partition coefficient (Wildman–Crippen LogP) is 4.73. The lowest BCUT2D eigenvalue weighted by Crippen LogP contribution is -2.53. The van der Waals surface area contributed by atoms with Crippen LogP contribution in [0.2, 0.25) is 5.02 Å². The highest BCUT2D eigenvalue weighted by Gasteiger charge is 2.32. The van der Waals surface area contributed by atoms with Crippen molar-refractivity contribution in [3.05, 3.63) is 70.7 Å². The first-order valence-corrected chi connectivity index (χ1v) is 8.41. The summed E-state index contributed by atoms with van der Waals surface area (Å²) in [6.45, 7) is 8.55. The molecule has 3 N–H and O–H groups in total. The van der Waals surface area contributed by atoms with E-state index in [1.165, 1.54) is 11.1 Å². The quantitative estimate of drug-likeness (QED) is 0.803. The van der Waals surface area contributed by atoms with E-state index in [9.17, 15) is 0 Å². The minimum Gasteiger partial charge on any atom is -0.324 e. The molecule has 3 heteroatoms. The van der Waals surface area contributed by atoms with Crippen molar-refractivity contribution in [2.45, 2.75) is 51.2 Å². The smallest absolute Gasteiger partial charge is 0.0501 e. The van der Waals surface area contributed by atoms with Gasteiger partial charge in [0.1, 0.15) is 0 Å². The molecule has 0 spiro atoms. The van der Waals surface area contributed by atoms with Gasteiger partial charge in [-0.15, -0.1) is 0 Å². The Labute approximate surface area is 145 Å². The van der Waals surface area contributed by atoms with E-state index in [-0.39, 0.29) is 17.1 Å². The summed E-state index contributed by atoms with van der Waals surface area (Å²) in [4.78, 5) is 0. The topological polar surface area (TPSA) is 38.0 Å². The van der Waals surface area contributed by atoms with Crippen LogP contribution in [0.25, 0.3) is 0 Å². The van der Waals surface area contributed by atoms with E-state index in [0.29, 0.717) is 0 Å². The van der Waals surface area contributed by atoms with Gasteiger partial charge in [-0.05, 0) is 57.4 Å². The minimum absolute atomic E-state index is 0.0750. The van der Waals surface area contributed by atoms with Gasteiger partial charge in [0.25, 0.3) is 0 Å². The molecule has 0 aliphatic rings. The summed E-state index contributed by atoms with van der Waals surface area (Å²) in [7, 11) is 0. The van der Waals surface area contributed by atoms with Gasteiger partial charge in [-0.2, -0.15) is 0 Å². The summed E-state index contributed by atoms with van der Waals surface area (Å²) < 4.78 is 0. The van der Waals surface area contributed by atoms with Gasteiger partial charge < -0.3 is 11.1 Å². The van der Waals surface area contributed by atoms with Crippen molar-refractivity contribution in [3.8, 4) is 0 Å². The Morgan fingerprint density at radius 2 is 1.52 bits per heavy atom.